The highest BCUT2D eigenvalue weighted by molar-refractivity contribution is 5.98. The van der Waals surface area contributed by atoms with Crippen molar-refractivity contribution in [3.05, 3.63) is 11.3 Å². The first kappa shape index (κ1) is 17.8. The van der Waals surface area contributed by atoms with Crippen molar-refractivity contribution in [1.29, 1.82) is 0 Å². The molecule has 4 N–H and O–H groups in total. The monoisotopic (exact) mass is 376 g/mol. The van der Waals surface area contributed by atoms with Gasteiger partial charge in [0.05, 0.1) is 5.69 Å². The molecular formula is C18H24N4O5. The van der Waals surface area contributed by atoms with E-state index in [0.717, 1.165) is 19.3 Å². The van der Waals surface area contributed by atoms with E-state index in [-0.39, 0.29) is 22.7 Å². The molecule has 3 amide bonds. The first-order valence-corrected chi connectivity index (χ1v) is 9.34. The number of urea groups is 1. The highest BCUT2D eigenvalue weighted by atomic mass is 16.5. The van der Waals surface area contributed by atoms with Gasteiger partial charge in [-0.2, -0.15) is 0 Å². The van der Waals surface area contributed by atoms with E-state index in [0.29, 0.717) is 17.8 Å². The van der Waals surface area contributed by atoms with Crippen molar-refractivity contribution in [2.75, 3.05) is 12.3 Å². The second kappa shape index (κ2) is 6.54. The molecule has 0 radical (unpaired) electrons. The zero-order valence-electron chi connectivity index (χ0n) is 15.2. The van der Waals surface area contributed by atoms with Crippen LogP contribution in [0.2, 0.25) is 0 Å². The van der Waals surface area contributed by atoms with Gasteiger partial charge < -0.3 is 20.3 Å². The van der Waals surface area contributed by atoms with E-state index in [1.807, 2.05) is 0 Å². The third kappa shape index (κ3) is 3.50. The van der Waals surface area contributed by atoms with Crippen LogP contribution in [0.1, 0.15) is 54.6 Å². The number of hydrogen-bond donors (Lipinski definition) is 3. The number of aromatic nitrogens is 1. The first-order valence-electron chi connectivity index (χ1n) is 9.34. The number of aryl methyl sites for hydroxylation is 1. The summed E-state index contributed by atoms with van der Waals surface area (Å²) in [5.74, 6) is 0.375. The van der Waals surface area contributed by atoms with E-state index in [1.54, 1.807) is 0 Å². The van der Waals surface area contributed by atoms with Crippen LogP contribution in [0.4, 0.5) is 10.7 Å². The van der Waals surface area contributed by atoms with Crippen LogP contribution in [-0.4, -0.2) is 35.2 Å². The van der Waals surface area contributed by atoms with Crippen LogP contribution in [0.15, 0.2) is 4.52 Å². The number of nitrogens with two attached hydrogens (primary N) is 1. The molecule has 4 saturated carbocycles. The predicted molar refractivity (Wildman–Crippen MR) is 93.5 cm³/mol. The van der Waals surface area contributed by atoms with Crippen molar-refractivity contribution in [2.45, 2.75) is 51.0 Å². The summed E-state index contributed by atoms with van der Waals surface area (Å²) in [6, 6.07) is -0.529. The highest BCUT2D eigenvalue weighted by Crippen LogP contribution is 2.55. The molecule has 4 bridgehead atoms. The number of hydrogen-bond acceptors (Lipinski definition) is 7. The van der Waals surface area contributed by atoms with Gasteiger partial charge in [-0.3, -0.25) is 10.1 Å². The molecule has 4 fully saturated rings. The van der Waals surface area contributed by atoms with Crippen LogP contribution in [0, 0.1) is 24.7 Å². The van der Waals surface area contributed by atoms with Crippen LogP contribution in [-0.2, 0) is 9.53 Å². The van der Waals surface area contributed by atoms with Gasteiger partial charge in [0.25, 0.3) is 5.91 Å². The van der Waals surface area contributed by atoms with Gasteiger partial charge in [-0.15, -0.1) is 0 Å². The Morgan fingerprint density at radius 3 is 2.30 bits per heavy atom. The van der Waals surface area contributed by atoms with Gasteiger partial charge in [0.15, 0.2) is 6.61 Å². The normalized spacial score (nSPS) is 30.8. The molecule has 4 aliphatic carbocycles. The molecule has 9 heteroatoms. The molecule has 1 aromatic heterocycles. The van der Waals surface area contributed by atoms with Gasteiger partial charge >= 0.3 is 12.0 Å². The van der Waals surface area contributed by atoms with E-state index < -0.39 is 24.5 Å². The molecule has 27 heavy (non-hydrogen) atoms. The quantitative estimate of drug-likeness (QED) is 0.678. The van der Waals surface area contributed by atoms with Crippen LogP contribution in [0.5, 0.6) is 0 Å². The molecule has 5 rings (SSSR count). The number of carbonyl (C=O) groups is 3. The summed E-state index contributed by atoms with van der Waals surface area (Å²) in [6.07, 6.45) is 6.76. The molecule has 0 aliphatic heterocycles. The average Bonchev–Trinajstić information content (AvgIpc) is 2.89. The number of carbonyl (C=O) groups excluding carboxylic acids is 3. The lowest BCUT2D eigenvalue weighted by molar-refractivity contribution is -0.123. The van der Waals surface area contributed by atoms with E-state index >= 15 is 0 Å². The molecule has 146 valence electrons. The zero-order chi connectivity index (χ0) is 19.2. The molecule has 0 spiro atoms. The van der Waals surface area contributed by atoms with Gasteiger partial charge in [-0.1, -0.05) is 5.16 Å². The summed E-state index contributed by atoms with van der Waals surface area (Å²) in [6.45, 7) is 0.951. The number of imide groups is 1. The summed E-state index contributed by atoms with van der Waals surface area (Å²) in [5.41, 5.74) is 5.57. The second-order valence-electron chi connectivity index (χ2n) is 8.28. The molecule has 0 aromatic carbocycles. The highest BCUT2D eigenvalue weighted by Gasteiger charge is 2.51. The molecule has 1 heterocycles. The summed E-state index contributed by atoms with van der Waals surface area (Å²) >= 11 is 0. The van der Waals surface area contributed by atoms with Crippen LogP contribution in [0.3, 0.4) is 0 Å². The number of nitrogens with one attached hydrogen (secondary N) is 2. The van der Waals surface area contributed by atoms with Gasteiger partial charge in [0.2, 0.25) is 5.88 Å². The van der Waals surface area contributed by atoms with E-state index in [2.05, 4.69) is 20.3 Å². The molecule has 1 aromatic rings. The smallest absolute Gasteiger partial charge is 0.346 e. The number of amides is 3. The number of esters is 1. The second-order valence-corrected chi connectivity index (χ2v) is 8.28. The zero-order valence-corrected chi connectivity index (χ0v) is 15.2. The molecule has 4 aliphatic rings. The van der Waals surface area contributed by atoms with Gasteiger partial charge in [-0.25, -0.2) is 9.59 Å². The Bertz CT molecular complexity index is 732. The van der Waals surface area contributed by atoms with Crippen LogP contribution in [0.25, 0.3) is 0 Å². The average molecular weight is 376 g/mol. The fourth-order valence-corrected chi connectivity index (χ4v) is 5.54. The topological polar surface area (TPSA) is 137 Å². The molecule has 9 nitrogen and oxygen atoms in total. The summed E-state index contributed by atoms with van der Waals surface area (Å²) in [4.78, 5) is 36.2. The number of ether oxygens (including phenoxy) is 1. The minimum atomic E-state index is -0.817. The maximum absolute atomic E-state index is 12.3. The molecule has 0 saturated heterocycles. The SMILES string of the molecule is Cc1noc(N)c1C(=O)OCC(=O)NC(=O)NC12CC3CC(CC(C3)C1)C2. The van der Waals surface area contributed by atoms with Crippen molar-refractivity contribution < 1.29 is 23.6 Å². The minimum Gasteiger partial charge on any atom is -0.452 e. The molecule has 0 unspecified atom stereocenters. The predicted octanol–water partition coefficient (Wildman–Crippen LogP) is 1.52. The number of rotatable bonds is 4. The summed E-state index contributed by atoms with van der Waals surface area (Å²) < 4.78 is 9.58. The lowest BCUT2D eigenvalue weighted by Gasteiger charge is -2.56. The fourth-order valence-electron chi connectivity index (χ4n) is 5.54. The lowest BCUT2D eigenvalue weighted by Crippen LogP contribution is -2.62. The van der Waals surface area contributed by atoms with Crippen molar-refractivity contribution in [3.63, 3.8) is 0 Å². The standard InChI is InChI=1S/C18H24N4O5/c1-9-14(15(19)27-22-9)16(24)26-8-13(23)20-17(25)21-18-5-10-2-11(6-18)4-12(3-10)7-18/h10-12H,2-8,19H2,1H3,(H2,20,21,23,25). The minimum absolute atomic E-state index is 0.0131. The maximum atomic E-state index is 12.3. The molecule has 0 atom stereocenters. The summed E-state index contributed by atoms with van der Waals surface area (Å²) in [5, 5.41) is 8.83. The van der Waals surface area contributed by atoms with E-state index in [4.69, 9.17) is 10.5 Å². The fraction of sp³-hybridized carbons (Fsp3) is 0.667. The van der Waals surface area contributed by atoms with Gasteiger partial charge in [0, 0.05) is 5.54 Å². The Hall–Kier alpha value is -2.58. The lowest BCUT2D eigenvalue weighted by atomic mass is 9.53. The van der Waals surface area contributed by atoms with Crippen molar-refractivity contribution in [3.8, 4) is 0 Å². The maximum Gasteiger partial charge on any atom is 0.346 e. The Morgan fingerprint density at radius 1 is 1.19 bits per heavy atom. The Kier molecular flexibility index (Phi) is 4.32. The third-order valence-electron chi connectivity index (χ3n) is 6.10. The Morgan fingerprint density at radius 2 is 1.78 bits per heavy atom. The third-order valence-corrected chi connectivity index (χ3v) is 6.10. The van der Waals surface area contributed by atoms with Gasteiger partial charge in [0.1, 0.15) is 5.56 Å². The number of anilines is 1. The summed E-state index contributed by atoms with van der Waals surface area (Å²) in [7, 11) is 0. The van der Waals surface area contributed by atoms with E-state index in [1.165, 1.54) is 26.2 Å². The van der Waals surface area contributed by atoms with Crippen molar-refractivity contribution >= 4 is 23.8 Å². The van der Waals surface area contributed by atoms with Crippen LogP contribution < -0.4 is 16.4 Å². The number of nitrogen functional groups attached to an aromatic ring is 1. The van der Waals surface area contributed by atoms with Gasteiger partial charge in [-0.05, 0) is 63.2 Å². The number of nitrogens with zero attached hydrogens (tertiary/aromatic N) is 1. The van der Waals surface area contributed by atoms with Crippen molar-refractivity contribution in [2.24, 2.45) is 17.8 Å². The first-order chi connectivity index (χ1) is 12.8. The van der Waals surface area contributed by atoms with Crippen molar-refractivity contribution in [1.82, 2.24) is 15.8 Å². The molecular weight excluding hydrogens is 352 g/mol. The Balaban J connectivity index is 1.27. The Labute approximate surface area is 156 Å². The van der Waals surface area contributed by atoms with E-state index in [9.17, 15) is 14.4 Å². The largest absolute Gasteiger partial charge is 0.452 e. The van der Waals surface area contributed by atoms with Crippen LogP contribution >= 0.6 is 0 Å².